The molecule has 2 aromatic rings. The summed E-state index contributed by atoms with van der Waals surface area (Å²) in [5.41, 5.74) is 11.6. The number of hydrogen-bond donors (Lipinski definition) is 2. The second-order valence-electron chi connectivity index (χ2n) is 4.60. The first-order valence-corrected chi connectivity index (χ1v) is 6.99. The van der Waals surface area contributed by atoms with Crippen molar-refractivity contribution < 1.29 is 4.68 Å². The van der Waals surface area contributed by atoms with Crippen LogP contribution in [0.3, 0.4) is 0 Å². The summed E-state index contributed by atoms with van der Waals surface area (Å²) in [5.74, 6) is 1.37. The van der Waals surface area contributed by atoms with Gasteiger partial charge in [0, 0.05) is 16.8 Å². The van der Waals surface area contributed by atoms with E-state index in [1.165, 1.54) is 10.7 Å². The fourth-order valence-electron chi connectivity index (χ4n) is 2.38. The number of aryl methyl sites for hydroxylation is 1. The number of guanidine groups is 1. The van der Waals surface area contributed by atoms with Crippen molar-refractivity contribution in [2.45, 2.75) is 13.1 Å². The lowest BCUT2D eigenvalue weighted by Gasteiger charge is -2.13. The molecule has 0 unspecified atom stereocenters. The minimum Gasteiger partial charge on any atom is -0.370 e. The number of hydrogen-bond acceptors (Lipinski definition) is 3. The molecule has 0 radical (unpaired) electrons. The second-order valence-corrected chi connectivity index (χ2v) is 5.60. The molecular weight excluding hydrogens is 260 g/mol. The van der Waals surface area contributed by atoms with E-state index in [0.717, 1.165) is 25.3 Å². The van der Waals surface area contributed by atoms with Gasteiger partial charge in [0.2, 0.25) is 0 Å². The molecule has 7 heteroatoms. The summed E-state index contributed by atoms with van der Waals surface area (Å²) < 4.78 is 4.39. The van der Waals surface area contributed by atoms with Crippen molar-refractivity contribution in [2.24, 2.45) is 23.5 Å². The van der Waals surface area contributed by atoms with Crippen LogP contribution in [0.2, 0.25) is 0 Å². The molecule has 3 rings (SSSR count). The van der Waals surface area contributed by atoms with Crippen molar-refractivity contribution in [1.29, 1.82) is 0 Å². The Kier molecular flexibility index (Phi) is 2.90. The van der Waals surface area contributed by atoms with E-state index in [9.17, 15) is 0 Å². The molecule has 100 valence electrons. The van der Waals surface area contributed by atoms with Gasteiger partial charge in [-0.2, -0.15) is 0 Å². The van der Waals surface area contributed by atoms with Gasteiger partial charge in [0.25, 0.3) is 0 Å². The van der Waals surface area contributed by atoms with Gasteiger partial charge in [-0.3, -0.25) is 0 Å². The van der Waals surface area contributed by atoms with Crippen molar-refractivity contribution in [2.75, 3.05) is 11.4 Å². The summed E-state index contributed by atoms with van der Waals surface area (Å²) in [6.07, 6.45) is 2.08. The van der Waals surface area contributed by atoms with E-state index in [1.807, 2.05) is 11.4 Å². The third kappa shape index (κ3) is 2.28. The predicted molar refractivity (Wildman–Crippen MR) is 76.4 cm³/mol. The Labute approximate surface area is 115 Å². The van der Waals surface area contributed by atoms with Crippen LogP contribution in [0.5, 0.6) is 0 Å². The van der Waals surface area contributed by atoms with Crippen LogP contribution in [-0.2, 0) is 20.1 Å². The summed E-state index contributed by atoms with van der Waals surface area (Å²) >= 11 is 1.68. The number of nitrogens with zero attached hydrogens (tertiary/aromatic N) is 4. The SMILES string of the molecule is C[n+]1ccc2n1CCN2Cc1cc(N=C(N)N)cs1. The Balaban J connectivity index is 1.76. The number of nitrogens with two attached hydrogens (primary N) is 2. The highest BCUT2D eigenvalue weighted by molar-refractivity contribution is 7.10. The first kappa shape index (κ1) is 12.0. The minimum atomic E-state index is 0.103. The number of fused-ring (bicyclic) bond motifs is 1. The van der Waals surface area contributed by atoms with Crippen molar-refractivity contribution in [3.05, 3.63) is 28.6 Å². The molecule has 2 aromatic heterocycles. The Morgan fingerprint density at radius 1 is 1.47 bits per heavy atom. The first-order valence-electron chi connectivity index (χ1n) is 6.11. The summed E-state index contributed by atoms with van der Waals surface area (Å²) in [6.45, 7) is 2.97. The van der Waals surface area contributed by atoms with Crippen LogP contribution in [0.15, 0.2) is 28.7 Å². The topological polar surface area (TPSA) is 76.4 Å². The molecule has 19 heavy (non-hydrogen) atoms. The van der Waals surface area contributed by atoms with Gasteiger partial charge in [-0.1, -0.05) is 0 Å². The van der Waals surface area contributed by atoms with Crippen LogP contribution < -0.4 is 21.0 Å². The molecule has 0 aliphatic carbocycles. The number of aromatic nitrogens is 2. The summed E-state index contributed by atoms with van der Waals surface area (Å²) in [6, 6.07) is 4.19. The molecule has 0 atom stereocenters. The summed E-state index contributed by atoms with van der Waals surface area (Å²) in [4.78, 5) is 7.69. The predicted octanol–water partition coefficient (Wildman–Crippen LogP) is 0.299. The lowest BCUT2D eigenvalue weighted by atomic mass is 10.4. The highest BCUT2D eigenvalue weighted by Crippen LogP contribution is 2.27. The molecule has 0 aromatic carbocycles. The van der Waals surface area contributed by atoms with Crippen LogP contribution in [0, 0.1) is 0 Å². The molecule has 1 aliphatic rings. The molecule has 1 aliphatic heterocycles. The van der Waals surface area contributed by atoms with Gasteiger partial charge in [-0.25, -0.2) is 4.99 Å². The fourth-order valence-corrected chi connectivity index (χ4v) is 3.19. The fraction of sp³-hybridized carbons (Fsp3) is 0.333. The third-order valence-corrected chi connectivity index (χ3v) is 4.14. The molecule has 0 fully saturated rings. The summed E-state index contributed by atoms with van der Waals surface area (Å²) in [7, 11) is 2.06. The van der Waals surface area contributed by atoms with Crippen LogP contribution in [0.1, 0.15) is 4.88 Å². The quantitative estimate of drug-likeness (QED) is 0.481. The standard InChI is InChI=1S/C12H17N6S/c1-16-3-2-11-17(4-5-18(11)16)7-10-6-9(8-19-10)15-12(13)14/h2-3,6,8H,4-5,7H2,1H3,(H4,13,14,15)/q+1. The smallest absolute Gasteiger partial charge is 0.197 e. The van der Waals surface area contributed by atoms with Crippen molar-refractivity contribution in [3.63, 3.8) is 0 Å². The molecule has 0 spiro atoms. The van der Waals surface area contributed by atoms with Gasteiger partial charge in [-0.05, 0) is 6.07 Å². The zero-order valence-electron chi connectivity index (χ0n) is 10.8. The van der Waals surface area contributed by atoms with E-state index in [1.54, 1.807) is 11.3 Å². The summed E-state index contributed by atoms with van der Waals surface area (Å²) in [5, 5.41) is 1.98. The normalized spacial score (nSPS) is 13.6. The number of aliphatic imine (C=N–C) groups is 1. The molecular formula is C12H17N6S+. The number of rotatable bonds is 3. The number of anilines is 1. The number of thiophene rings is 1. The van der Waals surface area contributed by atoms with E-state index >= 15 is 0 Å². The van der Waals surface area contributed by atoms with Gasteiger partial charge < -0.3 is 16.4 Å². The van der Waals surface area contributed by atoms with Crippen molar-refractivity contribution >= 4 is 28.8 Å². The van der Waals surface area contributed by atoms with E-state index in [0.29, 0.717) is 0 Å². The average molecular weight is 277 g/mol. The largest absolute Gasteiger partial charge is 0.370 e. The van der Waals surface area contributed by atoms with Crippen LogP contribution in [-0.4, -0.2) is 17.2 Å². The van der Waals surface area contributed by atoms with Crippen LogP contribution in [0.25, 0.3) is 0 Å². The Morgan fingerprint density at radius 2 is 2.32 bits per heavy atom. The molecule has 0 saturated carbocycles. The van der Waals surface area contributed by atoms with E-state index in [-0.39, 0.29) is 5.96 Å². The van der Waals surface area contributed by atoms with Gasteiger partial charge in [0.15, 0.2) is 25.0 Å². The molecule has 0 amide bonds. The average Bonchev–Trinajstić information content (AvgIpc) is 3.01. The van der Waals surface area contributed by atoms with E-state index < -0.39 is 0 Å². The maximum Gasteiger partial charge on any atom is 0.197 e. The van der Waals surface area contributed by atoms with E-state index in [2.05, 4.69) is 38.6 Å². The van der Waals surface area contributed by atoms with Gasteiger partial charge >= 0.3 is 0 Å². The Hall–Kier alpha value is -2.02. The van der Waals surface area contributed by atoms with Gasteiger partial charge in [0.1, 0.15) is 0 Å². The zero-order valence-corrected chi connectivity index (χ0v) is 11.6. The third-order valence-electron chi connectivity index (χ3n) is 3.24. The monoisotopic (exact) mass is 277 g/mol. The molecule has 0 saturated heterocycles. The van der Waals surface area contributed by atoms with Crippen LogP contribution in [0.4, 0.5) is 11.5 Å². The van der Waals surface area contributed by atoms with Gasteiger partial charge in [-0.15, -0.1) is 20.7 Å². The Morgan fingerprint density at radius 3 is 3.11 bits per heavy atom. The van der Waals surface area contributed by atoms with Crippen molar-refractivity contribution in [3.8, 4) is 0 Å². The Bertz CT molecular complexity index is 622. The maximum absolute atomic E-state index is 5.38. The van der Waals surface area contributed by atoms with Crippen molar-refractivity contribution in [1.82, 2.24) is 4.68 Å². The lowest BCUT2D eigenvalue weighted by Crippen LogP contribution is -2.37. The zero-order chi connectivity index (χ0) is 13.4. The molecule has 6 nitrogen and oxygen atoms in total. The first-order chi connectivity index (χ1) is 9.13. The van der Waals surface area contributed by atoms with Crippen LogP contribution >= 0.6 is 11.3 Å². The molecule has 3 heterocycles. The molecule has 0 bridgehead atoms. The minimum absolute atomic E-state index is 0.103. The maximum atomic E-state index is 5.38. The second kappa shape index (κ2) is 4.58. The highest BCUT2D eigenvalue weighted by Gasteiger charge is 2.25. The highest BCUT2D eigenvalue weighted by atomic mass is 32.1. The van der Waals surface area contributed by atoms with Gasteiger partial charge in [0.05, 0.1) is 24.8 Å². The van der Waals surface area contributed by atoms with E-state index in [4.69, 9.17) is 11.5 Å². The molecule has 4 N–H and O–H groups in total. The lowest BCUT2D eigenvalue weighted by molar-refractivity contribution is -0.751.